The Bertz CT molecular complexity index is 524. The number of rotatable bonds is 6. The molecular weight excluding hydrogens is 255 g/mol. The molecular formula is C18H19NaO. The van der Waals surface area contributed by atoms with Gasteiger partial charge < -0.3 is 4.74 Å². The molecule has 2 aromatic carbocycles. The summed E-state index contributed by atoms with van der Waals surface area (Å²) >= 11 is 0. The quantitative estimate of drug-likeness (QED) is 0.564. The van der Waals surface area contributed by atoms with Crippen molar-refractivity contribution in [3.8, 4) is 11.5 Å². The molecule has 2 rings (SSSR count). The van der Waals surface area contributed by atoms with Gasteiger partial charge in [-0.3, -0.25) is 0 Å². The summed E-state index contributed by atoms with van der Waals surface area (Å²) in [7, 11) is 0. The molecule has 0 radical (unpaired) electrons. The summed E-state index contributed by atoms with van der Waals surface area (Å²) in [6.45, 7) is 7.56. The van der Waals surface area contributed by atoms with E-state index in [-0.39, 0.29) is 29.6 Å². The number of hydrogen-bond acceptors (Lipinski definition) is 1. The fraction of sp³-hybridized carbons (Fsp3) is 0.111. The van der Waals surface area contributed by atoms with Crippen LogP contribution in [0.4, 0.5) is 0 Å². The second kappa shape index (κ2) is 8.80. The Hall–Kier alpha value is -1.28. The first-order valence-electron chi connectivity index (χ1n) is 6.40. The third-order valence-electron chi connectivity index (χ3n) is 2.89. The number of benzene rings is 2. The fourth-order valence-corrected chi connectivity index (χ4v) is 1.97. The van der Waals surface area contributed by atoms with Gasteiger partial charge in [0.05, 0.1) is 0 Å². The Labute approximate surface area is 143 Å². The molecule has 20 heavy (non-hydrogen) atoms. The van der Waals surface area contributed by atoms with E-state index in [0.717, 1.165) is 35.5 Å². The van der Waals surface area contributed by atoms with E-state index in [2.05, 4.69) is 25.3 Å². The van der Waals surface area contributed by atoms with Gasteiger partial charge in [-0.05, 0) is 36.1 Å². The summed E-state index contributed by atoms with van der Waals surface area (Å²) in [6.07, 6.45) is 5.38. The van der Waals surface area contributed by atoms with Gasteiger partial charge >= 0.3 is 29.6 Å². The maximum atomic E-state index is 6.05. The Morgan fingerprint density at radius 3 is 1.55 bits per heavy atom. The molecule has 0 spiro atoms. The van der Waals surface area contributed by atoms with E-state index in [0.29, 0.717) is 0 Å². The normalized spacial score (nSPS) is 9.40. The van der Waals surface area contributed by atoms with Gasteiger partial charge in [-0.25, -0.2) is 0 Å². The number of hydrogen-bond donors (Lipinski definition) is 0. The van der Waals surface area contributed by atoms with Crippen molar-refractivity contribution in [3.63, 3.8) is 0 Å². The minimum absolute atomic E-state index is 0. The summed E-state index contributed by atoms with van der Waals surface area (Å²) in [5.41, 5.74) is 2.29. The van der Waals surface area contributed by atoms with Gasteiger partial charge in [0, 0.05) is 0 Å². The van der Waals surface area contributed by atoms with Crippen LogP contribution in [0.1, 0.15) is 11.1 Å². The van der Waals surface area contributed by atoms with Crippen molar-refractivity contribution < 1.29 is 4.74 Å². The molecule has 0 atom stereocenters. The molecule has 0 bridgehead atoms. The number of para-hydroxylation sites is 2. The van der Waals surface area contributed by atoms with Crippen LogP contribution >= 0.6 is 0 Å². The molecule has 0 aromatic heterocycles. The summed E-state index contributed by atoms with van der Waals surface area (Å²) in [5.74, 6) is 1.78. The van der Waals surface area contributed by atoms with Crippen LogP contribution in [0.2, 0.25) is 0 Å². The van der Waals surface area contributed by atoms with Gasteiger partial charge in [-0.2, -0.15) is 0 Å². The van der Waals surface area contributed by atoms with Crippen molar-refractivity contribution in [1.29, 1.82) is 0 Å². The van der Waals surface area contributed by atoms with Crippen molar-refractivity contribution in [2.24, 2.45) is 0 Å². The van der Waals surface area contributed by atoms with Crippen LogP contribution in [0.5, 0.6) is 11.5 Å². The molecule has 0 fully saturated rings. The molecule has 2 heteroatoms. The standard InChI is InChI=1S/C18H18O.Na.H/c1-3-9-15-11-5-7-13-17(15)19-18-14-8-6-12-16(18)10-4-2;;/h3-8,11-14H,1-2,9-10H2;;. The number of ether oxygens (including phenoxy) is 1. The molecule has 0 saturated heterocycles. The van der Waals surface area contributed by atoms with Crippen LogP contribution in [0, 0.1) is 0 Å². The molecule has 1 nitrogen and oxygen atoms in total. The molecule has 98 valence electrons. The zero-order valence-electron chi connectivity index (χ0n) is 11.0. The monoisotopic (exact) mass is 274 g/mol. The average molecular weight is 274 g/mol. The first kappa shape index (κ1) is 16.8. The minimum atomic E-state index is 0. The van der Waals surface area contributed by atoms with E-state index in [9.17, 15) is 0 Å². The van der Waals surface area contributed by atoms with Gasteiger partial charge in [-0.15, -0.1) is 13.2 Å². The molecule has 2 aromatic rings. The van der Waals surface area contributed by atoms with Crippen molar-refractivity contribution in [1.82, 2.24) is 0 Å². The van der Waals surface area contributed by atoms with Crippen molar-refractivity contribution in [2.75, 3.05) is 0 Å². The summed E-state index contributed by atoms with van der Waals surface area (Å²) in [6, 6.07) is 16.1. The molecule has 0 heterocycles. The van der Waals surface area contributed by atoms with E-state index in [1.54, 1.807) is 0 Å². The van der Waals surface area contributed by atoms with Gasteiger partial charge in [0.25, 0.3) is 0 Å². The molecule has 0 aliphatic carbocycles. The van der Waals surface area contributed by atoms with Crippen LogP contribution in [-0.2, 0) is 12.8 Å². The maximum absolute atomic E-state index is 6.05. The van der Waals surface area contributed by atoms with Gasteiger partial charge in [0.1, 0.15) is 11.5 Å². The van der Waals surface area contributed by atoms with E-state index in [1.807, 2.05) is 48.6 Å². The van der Waals surface area contributed by atoms with E-state index < -0.39 is 0 Å². The number of allylic oxidation sites excluding steroid dienone is 2. The summed E-state index contributed by atoms with van der Waals surface area (Å²) in [5, 5.41) is 0. The van der Waals surface area contributed by atoms with E-state index >= 15 is 0 Å². The first-order chi connectivity index (χ1) is 9.35. The third kappa shape index (κ3) is 4.38. The van der Waals surface area contributed by atoms with Crippen LogP contribution in [0.15, 0.2) is 73.8 Å². The molecule has 0 saturated carbocycles. The van der Waals surface area contributed by atoms with Crippen molar-refractivity contribution in [2.45, 2.75) is 12.8 Å². The molecule has 0 unspecified atom stereocenters. The van der Waals surface area contributed by atoms with Gasteiger partial charge in [-0.1, -0.05) is 48.6 Å². The molecule has 0 N–H and O–H groups in total. The first-order valence-corrected chi connectivity index (χ1v) is 6.40. The van der Waals surface area contributed by atoms with Gasteiger partial charge in [0.15, 0.2) is 0 Å². The Morgan fingerprint density at radius 1 is 0.750 bits per heavy atom. The molecule has 0 aliphatic heterocycles. The second-order valence-electron chi connectivity index (χ2n) is 4.30. The Morgan fingerprint density at radius 2 is 1.15 bits per heavy atom. The van der Waals surface area contributed by atoms with E-state index in [4.69, 9.17) is 4.74 Å². The summed E-state index contributed by atoms with van der Waals surface area (Å²) < 4.78 is 6.05. The Balaban J connectivity index is 0.00000200. The zero-order valence-corrected chi connectivity index (χ0v) is 11.0. The predicted molar refractivity (Wildman–Crippen MR) is 87.9 cm³/mol. The molecule has 0 amide bonds. The predicted octanol–water partition coefficient (Wildman–Crippen LogP) is 4.29. The van der Waals surface area contributed by atoms with Crippen LogP contribution in [0.3, 0.4) is 0 Å². The zero-order chi connectivity index (χ0) is 13.5. The third-order valence-corrected chi connectivity index (χ3v) is 2.89. The van der Waals surface area contributed by atoms with Crippen molar-refractivity contribution >= 4 is 29.6 Å². The van der Waals surface area contributed by atoms with E-state index in [1.165, 1.54) is 0 Å². The van der Waals surface area contributed by atoms with Crippen molar-refractivity contribution in [3.05, 3.63) is 85.0 Å². The van der Waals surface area contributed by atoms with Crippen LogP contribution in [0.25, 0.3) is 0 Å². The summed E-state index contributed by atoms with van der Waals surface area (Å²) in [4.78, 5) is 0. The topological polar surface area (TPSA) is 9.23 Å². The Kier molecular flexibility index (Phi) is 7.38. The molecule has 0 aliphatic rings. The fourth-order valence-electron chi connectivity index (χ4n) is 1.97. The average Bonchev–Trinajstić information content (AvgIpc) is 2.44. The SMILES string of the molecule is C=CCc1ccccc1Oc1ccccc1CC=C.[NaH]. The van der Waals surface area contributed by atoms with Crippen LogP contribution < -0.4 is 4.74 Å². The van der Waals surface area contributed by atoms with Gasteiger partial charge in [0.2, 0.25) is 0 Å². The van der Waals surface area contributed by atoms with Crippen LogP contribution in [-0.4, -0.2) is 29.6 Å². The second-order valence-corrected chi connectivity index (χ2v) is 4.30.